The van der Waals surface area contributed by atoms with Crippen LogP contribution in [0.15, 0.2) is 36.5 Å². The van der Waals surface area contributed by atoms with Gasteiger partial charge in [0.15, 0.2) is 0 Å². The van der Waals surface area contributed by atoms with Crippen LogP contribution in [0.25, 0.3) is 0 Å². The second-order valence-electron chi connectivity index (χ2n) is 10.8. The molecule has 0 radical (unpaired) electrons. The van der Waals surface area contributed by atoms with Gasteiger partial charge in [-0.2, -0.15) is 0 Å². The maximum Gasteiger partial charge on any atom is -0.0140 e. The lowest BCUT2D eigenvalue weighted by Gasteiger charge is -2.37. The van der Waals surface area contributed by atoms with Gasteiger partial charge < -0.3 is 0 Å². The molecular formula is C30H50. The van der Waals surface area contributed by atoms with Gasteiger partial charge in [0.25, 0.3) is 0 Å². The van der Waals surface area contributed by atoms with Crippen molar-refractivity contribution in [3.05, 3.63) is 36.5 Å². The zero-order chi connectivity index (χ0) is 21.2. The summed E-state index contributed by atoms with van der Waals surface area (Å²) in [5.74, 6) is 5.03. The molecule has 0 nitrogen and oxygen atoms in total. The molecule has 0 heterocycles. The molecule has 3 rings (SSSR count). The van der Waals surface area contributed by atoms with Crippen LogP contribution in [-0.4, -0.2) is 0 Å². The Hall–Kier alpha value is -0.780. The molecule has 3 aliphatic carbocycles. The first kappa shape index (κ1) is 23.9. The van der Waals surface area contributed by atoms with Gasteiger partial charge in [0, 0.05) is 0 Å². The number of hydrogen-bond donors (Lipinski definition) is 0. The van der Waals surface area contributed by atoms with Gasteiger partial charge in [-0.25, -0.2) is 0 Å². The summed E-state index contributed by atoms with van der Waals surface area (Å²) in [6.07, 6.45) is 32.6. The number of hydrogen-bond acceptors (Lipinski definition) is 0. The molecule has 3 fully saturated rings. The summed E-state index contributed by atoms with van der Waals surface area (Å²) in [5.41, 5.74) is 1.63. The Balaban J connectivity index is 1.57. The molecule has 3 atom stereocenters. The molecule has 0 N–H and O–H groups in total. The molecule has 3 unspecified atom stereocenters. The van der Waals surface area contributed by atoms with E-state index in [0.29, 0.717) is 0 Å². The van der Waals surface area contributed by atoms with Gasteiger partial charge in [-0.3, -0.25) is 0 Å². The highest BCUT2D eigenvalue weighted by atomic mass is 14.4. The van der Waals surface area contributed by atoms with Gasteiger partial charge in [0.05, 0.1) is 0 Å². The predicted octanol–water partition coefficient (Wildman–Crippen LogP) is 9.67. The fourth-order valence-corrected chi connectivity index (χ4v) is 6.81. The number of allylic oxidation sites excluding steroid dienone is 5. The highest BCUT2D eigenvalue weighted by Gasteiger charge is 2.31. The summed E-state index contributed by atoms with van der Waals surface area (Å²) in [5, 5.41) is 0. The van der Waals surface area contributed by atoms with E-state index in [1.807, 2.05) is 0 Å². The summed E-state index contributed by atoms with van der Waals surface area (Å²) in [4.78, 5) is 0. The van der Waals surface area contributed by atoms with E-state index in [-0.39, 0.29) is 0 Å². The summed E-state index contributed by atoms with van der Waals surface area (Å²) < 4.78 is 0. The van der Waals surface area contributed by atoms with E-state index in [2.05, 4.69) is 38.2 Å². The van der Waals surface area contributed by atoms with Gasteiger partial charge in [0.2, 0.25) is 0 Å². The third kappa shape index (κ3) is 6.86. The summed E-state index contributed by atoms with van der Waals surface area (Å²) in [7, 11) is 0. The largest absolute Gasteiger partial charge is 0.0993 e. The summed E-state index contributed by atoms with van der Waals surface area (Å²) >= 11 is 0. The van der Waals surface area contributed by atoms with Gasteiger partial charge >= 0.3 is 0 Å². The van der Waals surface area contributed by atoms with Crippen LogP contribution >= 0.6 is 0 Å². The fourth-order valence-electron chi connectivity index (χ4n) is 6.81. The summed E-state index contributed by atoms with van der Waals surface area (Å²) in [6.45, 7) is 9.36. The van der Waals surface area contributed by atoms with Crippen LogP contribution in [0, 0.1) is 35.5 Å². The van der Waals surface area contributed by atoms with Crippen molar-refractivity contribution in [3.63, 3.8) is 0 Å². The third-order valence-electron chi connectivity index (χ3n) is 8.91. The van der Waals surface area contributed by atoms with Crippen molar-refractivity contribution in [1.82, 2.24) is 0 Å². The third-order valence-corrected chi connectivity index (χ3v) is 8.91. The van der Waals surface area contributed by atoms with E-state index in [1.165, 1.54) is 103 Å². The van der Waals surface area contributed by atoms with E-state index in [9.17, 15) is 0 Å². The van der Waals surface area contributed by atoms with Crippen molar-refractivity contribution in [2.75, 3.05) is 0 Å². The fraction of sp³-hybridized carbons (Fsp3) is 0.800. The first-order chi connectivity index (χ1) is 14.7. The van der Waals surface area contributed by atoms with Crippen molar-refractivity contribution >= 4 is 0 Å². The van der Waals surface area contributed by atoms with E-state index >= 15 is 0 Å². The van der Waals surface area contributed by atoms with Crippen LogP contribution in [0.1, 0.15) is 117 Å². The minimum Gasteiger partial charge on any atom is -0.0993 e. The van der Waals surface area contributed by atoms with Crippen molar-refractivity contribution in [2.24, 2.45) is 35.5 Å². The zero-order valence-electron chi connectivity index (χ0n) is 20.3. The molecule has 0 bridgehead atoms. The molecule has 0 aliphatic heterocycles. The Morgan fingerprint density at radius 2 is 1.53 bits per heavy atom. The molecule has 30 heavy (non-hydrogen) atoms. The Kier molecular flexibility index (Phi) is 10.3. The van der Waals surface area contributed by atoms with Crippen LogP contribution in [0.2, 0.25) is 0 Å². The van der Waals surface area contributed by atoms with Crippen molar-refractivity contribution in [3.8, 4) is 0 Å². The standard InChI is InChI=1S/C30H50/c1-4-6-13-27(28-14-8-7-9-15-28)17-12-18-29-16-10-11-19-30(29)24(3)26-22-20-25(5-2)21-23-26/h6,12-13,18,25-30H,3-5,7-11,14-17,19-23H2,1-2H3/b13-6+,18-12+. The van der Waals surface area contributed by atoms with Crippen molar-refractivity contribution in [2.45, 2.75) is 117 Å². The highest BCUT2D eigenvalue weighted by molar-refractivity contribution is 5.13. The molecule has 0 spiro atoms. The lowest BCUT2D eigenvalue weighted by molar-refractivity contribution is 0.248. The quantitative estimate of drug-likeness (QED) is 0.332. The van der Waals surface area contributed by atoms with Crippen LogP contribution in [0.3, 0.4) is 0 Å². The average molecular weight is 411 g/mol. The Labute approximate surface area is 188 Å². The lowest BCUT2D eigenvalue weighted by atomic mass is 9.68. The molecule has 0 aromatic heterocycles. The highest BCUT2D eigenvalue weighted by Crippen LogP contribution is 2.43. The molecule has 0 heteroatoms. The molecular weight excluding hydrogens is 360 g/mol. The Morgan fingerprint density at radius 3 is 2.23 bits per heavy atom. The topological polar surface area (TPSA) is 0 Å². The normalized spacial score (nSPS) is 32.6. The van der Waals surface area contributed by atoms with Crippen molar-refractivity contribution in [1.29, 1.82) is 0 Å². The Bertz CT molecular complexity index is 538. The maximum absolute atomic E-state index is 4.72. The average Bonchev–Trinajstić information content (AvgIpc) is 2.81. The minimum atomic E-state index is 0.761. The second-order valence-corrected chi connectivity index (χ2v) is 10.8. The molecule has 3 aliphatic rings. The van der Waals surface area contributed by atoms with Crippen LogP contribution in [0.5, 0.6) is 0 Å². The molecule has 170 valence electrons. The molecule has 3 saturated carbocycles. The zero-order valence-corrected chi connectivity index (χ0v) is 20.3. The molecule has 0 aromatic carbocycles. The van der Waals surface area contributed by atoms with Gasteiger partial charge in [-0.1, -0.05) is 88.8 Å². The van der Waals surface area contributed by atoms with Crippen molar-refractivity contribution < 1.29 is 0 Å². The number of rotatable bonds is 9. The molecule has 0 saturated heterocycles. The monoisotopic (exact) mass is 410 g/mol. The predicted molar refractivity (Wildman–Crippen MR) is 134 cm³/mol. The van der Waals surface area contributed by atoms with Crippen LogP contribution in [-0.2, 0) is 0 Å². The lowest BCUT2D eigenvalue weighted by Crippen LogP contribution is -2.25. The maximum atomic E-state index is 4.72. The smallest absolute Gasteiger partial charge is 0.0140 e. The van der Waals surface area contributed by atoms with E-state index < -0.39 is 0 Å². The SMILES string of the molecule is C=C(C1CCC(CC)CC1)C1CCCCC1/C=C/CC(/C=C/CC)C1CCCCC1. The van der Waals surface area contributed by atoms with Gasteiger partial charge in [0.1, 0.15) is 0 Å². The van der Waals surface area contributed by atoms with Crippen LogP contribution < -0.4 is 0 Å². The second kappa shape index (κ2) is 12.9. The van der Waals surface area contributed by atoms with E-state index in [1.54, 1.807) is 5.57 Å². The molecule has 0 aromatic rings. The summed E-state index contributed by atoms with van der Waals surface area (Å²) in [6, 6.07) is 0. The Morgan fingerprint density at radius 1 is 0.833 bits per heavy atom. The van der Waals surface area contributed by atoms with E-state index in [4.69, 9.17) is 6.58 Å². The minimum absolute atomic E-state index is 0.761. The molecule has 0 amide bonds. The van der Waals surface area contributed by atoms with Gasteiger partial charge in [-0.05, 0) is 99.7 Å². The first-order valence-corrected chi connectivity index (χ1v) is 13.7. The van der Waals surface area contributed by atoms with E-state index in [0.717, 1.165) is 35.5 Å². The van der Waals surface area contributed by atoms with Crippen LogP contribution in [0.4, 0.5) is 0 Å². The first-order valence-electron chi connectivity index (χ1n) is 13.7. The van der Waals surface area contributed by atoms with Gasteiger partial charge in [-0.15, -0.1) is 0 Å².